The van der Waals surface area contributed by atoms with E-state index >= 15 is 0 Å². The molecule has 0 atom stereocenters. The Balaban J connectivity index is 2.02. The van der Waals surface area contributed by atoms with Gasteiger partial charge in [0.1, 0.15) is 18.1 Å². The zero-order chi connectivity index (χ0) is 13.0. The Bertz CT molecular complexity index is 534. The monoisotopic (exact) mass is 310 g/mol. The van der Waals surface area contributed by atoms with Crippen molar-refractivity contribution >= 4 is 21.9 Å². The van der Waals surface area contributed by atoms with Gasteiger partial charge in [-0.25, -0.2) is 4.79 Å². The van der Waals surface area contributed by atoms with Crippen LogP contribution in [0.3, 0.4) is 0 Å². The lowest BCUT2D eigenvalue weighted by atomic mass is 10.2. The zero-order valence-electron chi connectivity index (χ0n) is 9.68. The van der Waals surface area contributed by atoms with E-state index in [1.807, 2.05) is 0 Å². The molecular formula is C13H11BrO4. The third-order valence-electron chi connectivity index (χ3n) is 2.31. The summed E-state index contributed by atoms with van der Waals surface area (Å²) in [5, 5.41) is 0. The first-order chi connectivity index (χ1) is 8.70. The van der Waals surface area contributed by atoms with Crippen LogP contribution in [0.5, 0.6) is 5.75 Å². The number of rotatable bonds is 4. The van der Waals surface area contributed by atoms with E-state index in [9.17, 15) is 4.79 Å². The topological polar surface area (TPSA) is 48.7 Å². The predicted molar refractivity (Wildman–Crippen MR) is 68.5 cm³/mol. The Kier molecular flexibility index (Phi) is 4.04. The molecule has 2 rings (SSSR count). The van der Waals surface area contributed by atoms with Crippen molar-refractivity contribution in [3.05, 3.63) is 52.4 Å². The number of carbonyl (C=O) groups excluding carboxylic acids is 1. The van der Waals surface area contributed by atoms with Crippen LogP contribution >= 0.6 is 15.9 Å². The molecule has 0 aliphatic carbocycles. The largest absolute Gasteiger partial charge is 0.496 e. The summed E-state index contributed by atoms with van der Waals surface area (Å²) in [6.07, 6.45) is 1.53. The Morgan fingerprint density at radius 1 is 1.39 bits per heavy atom. The van der Waals surface area contributed by atoms with Crippen LogP contribution in [0.15, 0.2) is 45.5 Å². The van der Waals surface area contributed by atoms with E-state index in [4.69, 9.17) is 13.9 Å². The van der Waals surface area contributed by atoms with Crippen LogP contribution in [0.2, 0.25) is 0 Å². The Hall–Kier alpha value is -1.75. The average molecular weight is 311 g/mol. The van der Waals surface area contributed by atoms with Gasteiger partial charge in [-0.3, -0.25) is 0 Å². The number of benzene rings is 1. The summed E-state index contributed by atoms with van der Waals surface area (Å²) in [5.41, 5.74) is 0.453. The van der Waals surface area contributed by atoms with Gasteiger partial charge in [0.2, 0.25) is 0 Å². The Labute approximate surface area is 113 Å². The van der Waals surface area contributed by atoms with E-state index in [0.717, 1.165) is 0 Å². The van der Waals surface area contributed by atoms with E-state index in [-0.39, 0.29) is 6.61 Å². The van der Waals surface area contributed by atoms with E-state index in [0.29, 0.717) is 21.5 Å². The highest BCUT2D eigenvalue weighted by atomic mass is 79.9. The van der Waals surface area contributed by atoms with Crippen molar-refractivity contribution in [2.75, 3.05) is 7.11 Å². The summed E-state index contributed by atoms with van der Waals surface area (Å²) in [6.45, 7) is 0.121. The van der Waals surface area contributed by atoms with Crippen molar-refractivity contribution in [3.8, 4) is 5.75 Å². The predicted octanol–water partition coefficient (Wildman–Crippen LogP) is 3.41. The van der Waals surface area contributed by atoms with Crippen LogP contribution in [-0.2, 0) is 11.3 Å². The molecule has 1 aromatic heterocycles. The van der Waals surface area contributed by atoms with Gasteiger partial charge in [0.15, 0.2) is 0 Å². The fourth-order valence-electron chi connectivity index (χ4n) is 1.41. The van der Waals surface area contributed by atoms with Crippen LogP contribution in [0, 0.1) is 0 Å². The molecule has 0 saturated carbocycles. The molecule has 0 N–H and O–H groups in total. The smallest absolute Gasteiger partial charge is 0.338 e. The summed E-state index contributed by atoms with van der Waals surface area (Å²) >= 11 is 3.31. The molecule has 0 spiro atoms. The van der Waals surface area contributed by atoms with Crippen LogP contribution in [0.1, 0.15) is 16.1 Å². The Morgan fingerprint density at radius 2 is 2.22 bits per heavy atom. The molecule has 0 aliphatic rings. The molecule has 0 aliphatic heterocycles. The second-order valence-electron chi connectivity index (χ2n) is 3.50. The molecule has 1 heterocycles. The summed E-state index contributed by atoms with van der Waals surface area (Å²) in [4.78, 5) is 11.8. The molecular weight excluding hydrogens is 300 g/mol. The lowest BCUT2D eigenvalue weighted by molar-refractivity contribution is 0.0445. The third-order valence-corrected chi connectivity index (χ3v) is 2.93. The first-order valence-corrected chi connectivity index (χ1v) is 6.03. The number of esters is 1. The zero-order valence-corrected chi connectivity index (χ0v) is 11.3. The van der Waals surface area contributed by atoms with E-state index < -0.39 is 5.97 Å². The minimum absolute atomic E-state index is 0.121. The molecule has 0 fully saturated rings. The number of carbonyl (C=O) groups is 1. The van der Waals surface area contributed by atoms with Gasteiger partial charge in [0.05, 0.1) is 23.4 Å². The number of ether oxygens (including phenoxy) is 2. The molecule has 1 aromatic carbocycles. The fourth-order valence-corrected chi connectivity index (χ4v) is 1.95. The second-order valence-corrected chi connectivity index (χ2v) is 4.36. The quantitative estimate of drug-likeness (QED) is 0.812. The maximum absolute atomic E-state index is 11.8. The highest BCUT2D eigenvalue weighted by Crippen LogP contribution is 2.25. The number of hydrogen-bond donors (Lipinski definition) is 0. The van der Waals surface area contributed by atoms with Crippen molar-refractivity contribution in [2.45, 2.75) is 6.61 Å². The summed E-state index contributed by atoms with van der Waals surface area (Å²) in [7, 11) is 1.56. The minimum Gasteiger partial charge on any atom is -0.496 e. The molecule has 0 radical (unpaired) electrons. The number of furan rings is 1. The maximum atomic E-state index is 11.8. The van der Waals surface area contributed by atoms with E-state index in [1.54, 1.807) is 37.4 Å². The summed E-state index contributed by atoms with van der Waals surface area (Å²) in [6, 6.07) is 8.50. The number of methoxy groups -OCH3 is 1. The van der Waals surface area contributed by atoms with Crippen molar-refractivity contribution in [1.82, 2.24) is 0 Å². The van der Waals surface area contributed by atoms with Crippen molar-refractivity contribution < 1.29 is 18.7 Å². The summed E-state index contributed by atoms with van der Waals surface area (Å²) in [5.74, 6) is 0.864. The highest BCUT2D eigenvalue weighted by molar-refractivity contribution is 9.10. The standard InChI is InChI=1S/C13H11BrO4/c1-16-12-5-4-9(7-11(12)14)13(15)18-8-10-3-2-6-17-10/h2-7H,8H2,1H3. The molecule has 2 aromatic rings. The minimum atomic E-state index is -0.408. The van der Waals surface area contributed by atoms with Gasteiger partial charge in [-0.2, -0.15) is 0 Å². The normalized spacial score (nSPS) is 10.1. The van der Waals surface area contributed by atoms with Crippen LogP contribution < -0.4 is 4.74 Å². The van der Waals surface area contributed by atoms with Gasteiger partial charge in [-0.1, -0.05) is 0 Å². The molecule has 18 heavy (non-hydrogen) atoms. The Morgan fingerprint density at radius 3 is 2.83 bits per heavy atom. The van der Waals surface area contributed by atoms with E-state index in [2.05, 4.69) is 15.9 Å². The van der Waals surface area contributed by atoms with Crippen molar-refractivity contribution in [2.24, 2.45) is 0 Å². The molecule has 0 unspecified atom stereocenters. The van der Waals surface area contributed by atoms with Gasteiger partial charge in [0.25, 0.3) is 0 Å². The van der Waals surface area contributed by atoms with Crippen LogP contribution in [0.25, 0.3) is 0 Å². The first-order valence-electron chi connectivity index (χ1n) is 5.24. The molecule has 4 nitrogen and oxygen atoms in total. The van der Waals surface area contributed by atoms with Gasteiger partial charge < -0.3 is 13.9 Å². The van der Waals surface area contributed by atoms with Gasteiger partial charge >= 0.3 is 5.97 Å². The first kappa shape index (κ1) is 12.7. The molecule has 0 saturated heterocycles. The maximum Gasteiger partial charge on any atom is 0.338 e. The second kappa shape index (κ2) is 5.73. The molecule has 0 bridgehead atoms. The molecule has 0 amide bonds. The van der Waals surface area contributed by atoms with Crippen LogP contribution in [-0.4, -0.2) is 13.1 Å². The van der Waals surface area contributed by atoms with E-state index in [1.165, 1.54) is 6.26 Å². The molecule has 94 valence electrons. The average Bonchev–Trinajstić information content (AvgIpc) is 2.89. The number of halogens is 1. The van der Waals surface area contributed by atoms with Crippen molar-refractivity contribution in [1.29, 1.82) is 0 Å². The highest BCUT2D eigenvalue weighted by Gasteiger charge is 2.10. The third kappa shape index (κ3) is 2.92. The fraction of sp³-hybridized carbons (Fsp3) is 0.154. The lowest BCUT2D eigenvalue weighted by Gasteiger charge is -2.06. The van der Waals surface area contributed by atoms with Gasteiger partial charge in [-0.05, 0) is 46.3 Å². The lowest BCUT2D eigenvalue weighted by Crippen LogP contribution is -2.05. The number of hydrogen-bond acceptors (Lipinski definition) is 4. The van der Waals surface area contributed by atoms with Crippen molar-refractivity contribution in [3.63, 3.8) is 0 Å². The summed E-state index contributed by atoms with van der Waals surface area (Å²) < 4.78 is 16.0. The molecule has 5 heteroatoms. The van der Waals surface area contributed by atoms with Crippen LogP contribution in [0.4, 0.5) is 0 Å². The van der Waals surface area contributed by atoms with Gasteiger partial charge in [-0.15, -0.1) is 0 Å². The van der Waals surface area contributed by atoms with Gasteiger partial charge in [0, 0.05) is 0 Å². The SMILES string of the molecule is COc1ccc(C(=O)OCc2ccco2)cc1Br.